The number of halogens is 1. The smallest absolute Gasteiger partial charge is 0.255 e. The molecule has 1 aromatic heterocycles. The maximum absolute atomic E-state index is 13.6. The highest BCUT2D eigenvalue weighted by Crippen LogP contribution is 2.37. The summed E-state index contributed by atoms with van der Waals surface area (Å²) in [6.45, 7) is 3.93. The number of aryl methyl sites for hydroxylation is 2. The summed E-state index contributed by atoms with van der Waals surface area (Å²) in [5.41, 5.74) is 4.25. The summed E-state index contributed by atoms with van der Waals surface area (Å²) < 4.78 is 0. The third-order valence-electron chi connectivity index (χ3n) is 4.99. The molecular weight excluding hydrogens is 392 g/mol. The van der Waals surface area contributed by atoms with Gasteiger partial charge >= 0.3 is 0 Å². The summed E-state index contributed by atoms with van der Waals surface area (Å²) in [6.07, 6.45) is 0. The van der Waals surface area contributed by atoms with Crippen molar-refractivity contribution in [3.8, 4) is 0 Å². The molecule has 2 aromatic carbocycles. The highest BCUT2D eigenvalue weighted by atomic mass is 35.5. The number of anilines is 2. The van der Waals surface area contributed by atoms with E-state index in [9.17, 15) is 9.59 Å². The van der Waals surface area contributed by atoms with Gasteiger partial charge in [0.2, 0.25) is 5.91 Å². The third-order valence-corrected chi connectivity index (χ3v) is 5.95. The summed E-state index contributed by atoms with van der Waals surface area (Å²) in [5, 5.41) is 4.43. The normalized spacial score (nSPS) is 17.3. The van der Waals surface area contributed by atoms with Crippen LogP contribution in [0.2, 0.25) is 5.02 Å². The van der Waals surface area contributed by atoms with Crippen LogP contribution in [0.25, 0.3) is 0 Å². The van der Waals surface area contributed by atoms with E-state index >= 15 is 0 Å². The van der Waals surface area contributed by atoms with Gasteiger partial charge in [0, 0.05) is 10.7 Å². The molecule has 0 bridgehead atoms. The predicted molar refractivity (Wildman–Crippen MR) is 114 cm³/mol. The minimum absolute atomic E-state index is 0.00773. The Hall–Kier alpha value is -2.63. The first-order chi connectivity index (χ1) is 13.5. The Morgan fingerprint density at radius 2 is 1.68 bits per heavy atom. The Morgan fingerprint density at radius 3 is 2.29 bits per heavy atom. The fourth-order valence-electron chi connectivity index (χ4n) is 3.73. The van der Waals surface area contributed by atoms with Crippen LogP contribution in [-0.4, -0.2) is 18.4 Å². The van der Waals surface area contributed by atoms with Crippen LogP contribution in [0, 0.1) is 13.8 Å². The Morgan fingerprint density at radius 1 is 1.00 bits per heavy atom. The van der Waals surface area contributed by atoms with Crippen molar-refractivity contribution in [2.24, 2.45) is 0 Å². The monoisotopic (exact) mass is 410 g/mol. The van der Waals surface area contributed by atoms with E-state index in [0.29, 0.717) is 10.7 Å². The molecule has 1 fully saturated rings. The van der Waals surface area contributed by atoms with Gasteiger partial charge < -0.3 is 4.90 Å². The third kappa shape index (κ3) is 3.21. The number of carbonyl (C=O) groups excluding carboxylic acids is 2. The van der Waals surface area contributed by atoms with Gasteiger partial charge in [0.15, 0.2) is 0 Å². The zero-order valence-electron chi connectivity index (χ0n) is 15.6. The summed E-state index contributed by atoms with van der Waals surface area (Å²) in [7, 11) is 0. The van der Waals surface area contributed by atoms with Crippen LogP contribution in [-0.2, 0) is 9.59 Å². The highest BCUT2D eigenvalue weighted by molar-refractivity contribution is 7.08. The molecule has 0 radical (unpaired) electrons. The molecule has 2 heterocycles. The second-order valence-electron chi connectivity index (χ2n) is 6.86. The minimum Gasteiger partial charge on any atom is -0.300 e. The Labute approximate surface area is 173 Å². The number of amides is 2. The summed E-state index contributed by atoms with van der Waals surface area (Å²) in [4.78, 5) is 30.1. The van der Waals surface area contributed by atoms with Gasteiger partial charge in [-0.15, -0.1) is 0 Å². The lowest BCUT2D eigenvalue weighted by Gasteiger charge is -2.41. The number of para-hydroxylation sites is 1. The zero-order valence-corrected chi connectivity index (χ0v) is 17.1. The maximum Gasteiger partial charge on any atom is 0.255 e. The van der Waals surface area contributed by atoms with E-state index in [1.54, 1.807) is 34.1 Å². The number of nitrogens with zero attached hydrogens (tertiary/aromatic N) is 2. The molecule has 1 aliphatic heterocycles. The molecule has 1 atom stereocenters. The van der Waals surface area contributed by atoms with E-state index < -0.39 is 6.04 Å². The molecule has 28 heavy (non-hydrogen) atoms. The van der Waals surface area contributed by atoms with Gasteiger partial charge in [0.1, 0.15) is 12.6 Å². The molecule has 2 amide bonds. The van der Waals surface area contributed by atoms with Gasteiger partial charge in [-0.3, -0.25) is 14.5 Å². The van der Waals surface area contributed by atoms with Gasteiger partial charge in [0.25, 0.3) is 5.91 Å². The summed E-state index contributed by atoms with van der Waals surface area (Å²) >= 11 is 7.52. The Balaban J connectivity index is 1.83. The number of hydrogen-bond acceptors (Lipinski definition) is 3. The van der Waals surface area contributed by atoms with E-state index in [4.69, 9.17) is 11.6 Å². The second-order valence-corrected chi connectivity index (χ2v) is 8.08. The van der Waals surface area contributed by atoms with Crippen LogP contribution in [0.1, 0.15) is 22.7 Å². The van der Waals surface area contributed by atoms with Crippen molar-refractivity contribution in [2.45, 2.75) is 19.9 Å². The lowest BCUT2D eigenvalue weighted by Crippen LogP contribution is -2.56. The minimum atomic E-state index is -0.701. The van der Waals surface area contributed by atoms with E-state index in [1.807, 2.05) is 48.9 Å². The Kier molecular flexibility index (Phi) is 4.96. The van der Waals surface area contributed by atoms with Crippen LogP contribution in [0.3, 0.4) is 0 Å². The molecule has 0 N–H and O–H groups in total. The number of rotatable bonds is 3. The molecule has 0 spiro atoms. The highest BCUT2D eigenvalue weighted by Gasteiger charge is 2.42. The fourth-order valence-corrected chi connectivity index (χ4v) is 4.53. The molecule has 0 aliphatic carbocycles. The largest absolute Gasteiger partial charge is 0.300 e. The molecule has 6 heteroatoms. The maximum atomic E-state index is 13.6. The molecule has 4 nitrogen and oxygen atoms in total. The quantitative estimate of drug-likeness (QED) is 0.599. The van der Waals surface area contributed by atoms with Gasteiger partial charge in [-0.2, -0.15) is 11.3 Å². The van der Waals surface area contributed by atoms with Crippen molar-refractivity contribution in [1.29, 1.82) is 0 Å². The SMILES string of the molecule is Cc1cccc(C)c1N1CC(=O)N(c2ccc(Cl)cc2)[C@@H](c2ccsc2)C1=O. The average molecular weight is 411 g/mol. The summed E-state index contributed by atoms with van der Waals surface area (Å²) in [5.74, 6) is -0.230. The number of benzene rings is 2. The van der Waals surface area contributed by atoms with Crippen LogP contribution in [0.15, 0.2) is 59.3 Å². The van der Waals surface area contributed by atoms with Crippen molar-refractivity contribution < 1.29 is 9.59 Å². The predicted octanol–water partition coefficient (Wildman–Crippen LogP) is 5.14. The van der Waals surface area contributed by atoms with Crippen molar-refractivity contribution in [1.82, 2.24) is 0 Å². The lowest BCUT2D eigenvalue weighted by molar-refractivity contribution is -0.128. The van der Waals surface area contributed by atoms with E-state index in [0.717, 1.165) is 22.4 Å². The number of carbonyl (C=O) groups is 2. The Bertz CT molecular complexity index is 1010. The molecule has 1 saturated heterocycles. The first-order valence-electron chi connectivity index (χ1n) is 8.94. The van der Waals surface area contributed by atoms with Gasteiger partial charge in [-0.25, -0.2) is 0 Å². The standard InChI is InChI=1S/C22H19ClN2O2S/c1-14-4-3-5-15(2)20(14)24-12-19(26)25(18-8-6-17(23)7-9-18)21(22(24)27)16-10-11-28-13-16/h3-11,13,21H,12H2,1-2H3/t21-/m0/s1. The van der Waals surface area contributed by atoms with Crippen LogP contribution < -0.4 is 9.80 Å². The molecule has 0 saturated carbocycles. The second kappa shape index (κ2) is 7.41. The molecule has 4 rings (SSSR count). The number of hydrogen-bond donors (Lipinski definition) is 0. The van der Waals surface area contributed by atoms with Crippen molar-refractivity contribution in [2.75, 3.05) is 16.3 Å². The summed E-state index contributed by atoms with van der Waals surface area (Å²) in [6, 6.07) is 14.1. The number of thiophene rings is 1. The molecule has 1 aliphatic rings. The first kappa shape index (κ1) is 18.7. The van der Waals surface area contributed by atoms with Crippen LogP contribution in [0.4, 0.5) is 11.4 Å². The zero-order chi connectivity index (χ0) is 19.8. The van der Waals surface area contributed by atoms with E-state index in [1.165, 1.54) is 11.3 Å². The first-order valence-corrected chi connectivity index (χ1v) is 10.3. The number of piperazine rings is 1. The van der Waals surface area contributed by atoms with E-state index in [-0.39, 0.29) is 18.4 Å². The van der Waals surface area contributed by atoms with Crippen LogP contribution in [0.5, 0.6) is 0 Å². The van der Waals surface area contributed by atoms with Crippen LogP contribution >= 0.6 is 22.9 Å². The van der Waals surface area contributed by atoms with Gasteiger partial charge in [-0.05, 0) is 71.6 Å². The molecule has 0 unspecified atom stereocenters. The van der Waals surface area contributed by atoms with Gasteiger partial charge in [0.05, 0.1) is 5.69 Å². The molecule has 3 aromatic rings. The van der Waals surface area contributed by atoms with Crippen molar-refractivity contribution in [3.63, 3.8) is 0 Å². The van der Waals surface area contributed by atoms with Crippen molar-refractivity contribution in [3.05, 3.63) is 81.0 Å². The lowest BCUT2D eigenvalue weighted by atomic mass is 10.00. The van der Waals surface area contributed by atoms with E-state index in [2.05, 4.69) is 0 Å². The molecular formula is C22H19ClN2O2S. The topological polar surface area (TPSA) is 40.6 Å². The average Bonchev–Trinajstić information content (AvgIpc) is 3.19. The molecule has 142 valence electrons. The van der Waals surface area contributed by atoms with Gasteiger partial charge in [-0.1, -0.05) is 29.8 Å². The van der Waals surface area contributed by atoms with Crippen molar-refractivity contribution >= 4 is 46.1 Å². The fraction of sp³-hybridized carbons (Fsp3) is 0.182.